The number of nitrogens with zero attached hydrogens (tertiary/aromatic N) is 3. The number of fused-ring (bicyclic) bond motifs is 1. The van der Waals surface area contributed by atoms with Gasteiger partial charge in [0.15, 0.2) is 0 Å². The maximum Gasteiger partial charge on any atom is 0.128 e. The SMILES string of the molecule is Cc1cc(-n2c(CC#N)nc3ccccc32)c(Br)cc1N. The summed E-state index contributed by atoms with van der Waals surface area (Å²) in [6.07, 6.45) is 0.255. The lowest BCUT2D eigenvalue weighted by Gasteiger charge is -2.12. The second-order valence-corrected chi connectivity index (χ2v) is 5.70. The number of hydrogen-bond acceptors (Lipinski definition) is 3. The van der Waals surface area contributed by atoms with Crippen LogP contribution in [0.25, 0.3) is 16.7 Å². The predicted octanol–water partition coefficient (Wildman–Crippen LogP) is 3.74. The number of aryl methyl sites for hydroxylation is 1. The van der Waals surface area contributed by atoms with Crippen LogP contribution >= 0.6 is 15.9 Å². The smallest absolute Gasteiger partial charge is 0.128 e. The molecule has 0 fully saturated rings. The number of benzene rings is 2. The van der Waals surface area contributed by atoms with Gasteiger partial charge in [0.1, 0.15) is 5.82 Å². The van der Waals surface area contributed by atoms with Gasteiger partial charge in [-0.25, -0.2) is 4.98 Å². The second-order valence-electron chi connectivity index (χ2n) is 4.85. The van der Waals surface area contributed by atoms with Crippen molar-refractivity contribution in [1.29, 1.82) is 5.26 Å². The van der Waals surface area contributed by atoms with E-state index < -0.39 is 0 Å². The van der Waals surface area contributed by atoms with Gasteiger partial charge in [0.25, 0.3) is 0 Å². The Morgan fingerprint density at radius 3 is 2.86 bits per heavy atom. The molecule has 0 bridgehead atoms. The Bertz CT molecular complexity index is 874. The predicted molar refractivity (Wildman–Crippen MR) is 87.2 cm³/mol. The molecule has 3 rings (SSSR count). The van der Waals surface area contributed by atoms with E-state index in [0.717, 1.165) is 38.3 Å². The van der Waals surface area contributed by atoms with Crippen LogP contribution in [0.2, 0.25) is 0 Å². The van der Waals surface area contributed by atoms with Crippen molar-refractivity contribution < 1.29 is 0 Å². The summed E-state index contributed by atoms with van der Waals surface area (Å²) in [6.45, 7) is 1.97. The first-order valence-electron chi connectivity index (χ1n) is 6.51. The Morgan fingerprint density at radius 2 is 2.10 bits per heavy atom. The summed E-state index contributed by atoms with van der Waals surface area (Å²) in [5.74, 6) is 0.726. The Labute approximate surface area is 131 Å². The summed E-state index contributed by atoms with van der Waals surface area (Å²) in [5.41, 5.74) is 10.5. The maximum atomic E-state index is 9.05. The van der Waals surface area contributed by atoms with Crippen LogP contribution < -0.4 is 5.73 Å². The highest BCUT2D eigenvalue weighted by atomic mass is 79.9. The molecule has 0 aliphatic heterocycles. The van der Waals surface area contributed by atoms with E-state index in [1.54, 1.807) is 0 Å². The normalized spacial score (nSPS) is 10.7. The van der Waals surface area contributed by atoms with Crippen molar-refractivity contribution in [2.45, 2.75) is 13.3 Å². The fourth-order valence-corrected chi connectivity index (χ4v) is 2.93. The van der Waals surface area contributed by atoms with Crippen LogP contribution in [0.15, 0.2) is 40.9 Å². The first-order chi connectivity index (χ1) is 10.1. The highest BCUT2D eigenvalue weighted by molar-refractivity contribution is 9.10. The molecule has 1 aromatic heterocycles. The number of nitrogens with two attached hydrogens (primary N) is 1. The lowest BCUT2D eigenvalue weighted by Crippen LogP contribution is -2.03. The average Bonchev–Trinajstić information content (AvgIpc) is 2.81. The van der Waals surface area contributed by atoms with Crippen molar-refractivity contribution >= 4 is 32.7 Å². The summed E-state index contributed by atoms with van der Waals surface area (Å²) in [7, 11) is 0. The van der Waals surface area contributed by atoms with Crippen molar-refractivity contribution in [2.75, 3.05) is 5.73 Å². The minimum atomic E-state index is 0.255. The number of rotatable bonds is 2. The van der Waals surface area contributed by atoms with Gasteiger partial charge >= 0.3 is 0 Å². The van der Waals surface area contributed by atoms with E-state index in [1.807, 2.05) is 47.9 Å². The molecule has 4 nitrogen and oxygen atoms in total. The number of hydrogen-bond donors (Lipinski definition) is 1. The van der Waals surface area contributed by atoms with Gasteiger partial charge in [0.2, 0.25) is 0 Å². The summed E-state index contributed by atoms with van der Waals surface area (Å²) >= 11 is 3.56. The summed E-state index contributed by atoms with van der Waals surface area (Å²) < 4.78 is 2.89. The molecule has 0 unspecified atom stereocenters. The van der Waals surface area contributed by atoms with Crippen molar-refractivity contribution in [3.05, 3.63) is 52.3 Å². The van der Waals surface area contributed by atoms with Gasteiger partial charge in [-0.15, -0.1) is 0 Å². The number of nitriles is 1. The number of imidazole rings is 1. The van der Waals surface area contributed by atoms with Crippen LogP contribution in [-0.4, -0.2) is 9.55 Å². The van der Waals surface area contributed by atoms with Gasteiger partial charge in [-0.2, -0.15) is 5.26 Å². The zero-order valence-electron chi connectivity index (χ0n) is 11.5. The Morgan fingerprint density at radius 1 is 1.33 bits per heavy atom. The van der Waals surface area contributed by atoms with E-state index in [1.165, 1.54) is 0 Å². The van der Waals surface area contributed by atoms with Gasteiger partial charge in [-0.05, 0) is 52.7 Å². The highest BCUT2D eigenvalue weighted by Crippen LogP contribution is 2.30. The number of halogens is 1. The molecule has 5 heteroatoms. The van der Waals surface area contributed by atoms with Crippen LogP contribution in [0.1, 0.15) is 11.4 Å². The fourth-order valence-electron chi connectivity index (χ4n) is 2.39. The van der Waals surface area contributed by atoms with E-state index >= 15 is 0 Å². The molecule has 0 amide bonds. The lowest BCUT2D eigenvalue weighted by molar-refractivity contribution is 0.949. The minimum absolute atomic E-state index is 0.255. The number of anilines is 1. The lowest BCUT2D eigenvalue weighted by atomic mass is 10.1. The molecule has 104 valence electrons. The Kier molecular flexibility index (Phi) is 3.40. The van der Waals surface area contributed by atoms with Gasteiger partial charge in [-0.3, -0.25) is 4.57 Å². The van der Waals surface area contributed by atoms with E-state index in [4.69, 9.17) is 11.0 Å². The van der Waals surface area contributed by atoms with Crippen LogP contribution in [0.5, 0.6) is 0 Å². The van der Waals surface area contributed by atoms with Crippen molar-refractivity contribution in [2.24, 2.45) is 0 Å². The molecule has 0 saturated carbocycles. The first kappa shape index (κ1) is 13.7. The number of nitrogen functional groups attached to an aromatic ring is 1. The Balaban J connectivity index is 2.36. The van der Waals surface area contributed by atoms with Gasteiger partial charge in [-0.1, -0.05) is 12.1 Å². The molecular weight excluding hydrogens is 328 g/mol. The van der Waals surface area contributed by atoms with Crippen LogP contribution in [0.3, 0.4) is 0 Å². The van der Waals surface area contributed by atoms with Crippen molar-refractivity contribution in [1.82, 2.24) is 9.55 Å². The van der Waals surface area contributed by atoms with Gasteiger partial charge in [0.05, 0.1) is 29.2 Å². The van der Waals surface area contributed by atoms with E-state index in [-0.39, 0.29) is 6.42 Å². The fraction of sp³-hybridized carbons (Fsp3) is 0.125. The Hall–Kier alpha value is -2.32. The van der Waals surface area contributed by atoms with E-state index in [9.17, 15) is 0 Å². The molecule has 1 heterocycles. The summed E-state index contributed by atoms with van der Waals surface area (Å²) in [4.78, 5) is 4.56. The molecule has 0 atom stereocenters. The van der Waals surface area contributed by atoms with Gasteiger partial charge in [0, 0.05) is 10.2 Å². The molecule has 3 aromatic rings. The quantitative estimate of drug-likeness (QED) is 0.722. The first-order valence-corrected chi connectivity index (χ1v) is 7.30. The topological polar surface area (TPSA) is 67.6 Å². The molecule has 2 aromatic carbocycles. The molecular formula is C16H13BrN4. The van der Waals surface area contributed by atoms with Crippen molar-refractivity contribution in [3.8, 4) is 11.8 Å². The maximum absolute atomic E-state index is 9.05. The van der Waals surface area contributed by atoms with E-state index in [2.05, 4.69) is 27.0 Å². The zero-order valence-corrected chi connectivity index (χ0v) is 13.1. The number of aromatic nitrogens is 2. The largest absolute Gasteiger partial charge is 0.398 e. The zero-order chi connectivity index (χ0) is 15.0. The second kappa shape index (κ2) is 5.23. The molecule has 0 saturated heterocycles. The standard InChI is InChI=1S/C16H13BrN4/c1-10-8-15(11(17)9-12(10)19)21-14-5-3-2-4-13(14)20-16(21)6-7-18/h2-5,8-9H,6,19H2,1H3. The van der Waals surface area contributed by atoms with Crippen LogP contribution in [0.4, 0.5) is 5.69 Å². The summed E-state index contributed by atoms with van der Waals surface area (Å²) in [5, 5.41) is 9.05. The van der Waals surface area contributed by atoms with Crippen LogP contribution in [-0.2, 0) is 6.42 Å². The summed E-state index contributed by atoms with van der Waals surface area (Å²) in [6, 6.07) is 13.9. The van der Waals surface area contributed by atoms with Gasteiger partial charge < -0.3 is 5.73 Å². The molecule has 0 radical (unpaired) electrons. The third-order valence-corrected chi connectivity index (χ3v) is 4.08. The molecule has 0 spiro atoms. The molecule has 2 N–H and O–H groups in total. The third kappa shape index (κ3) is 2.28. The van der Waals surface area contributed by atoms with Crippen LogP contribution in [0, 0.1) is 18.3 Å². The average molecular weight is 341 g/mol. The van der Waals surface area contributed by atoms with Crippen molar-refractivity contribution in [3.63, 3.8) is 0 Å². The molecule has 21 heavy (non-hydrogen) atoms. The van der Waals surface area contributed by atoms with E-state index in [0.29, 0.717) is 0 Å². The third-order valence-electron chi connectivity index (χ3n) is 3.44. The molecule has 0 aliphatic carbocycles. The number of para-hydroxylation sites is 2. The minimum Gasteiger partial charge on any atom is -0.398 e. The monoisotopic (exact) mass is 340 g/mol. The molecule has 0 aliphatic rings. The highest BCUT2D eigenvalue weighted by Gasteiger charge is 2.15.